The Morgan fingerprint density at radius 1 is 1.25 bits per heavy atom. The molecule has 1 atom stereocenters. The molecule has 2 aliphatic rings. The summed E-state index contributed by atoms with van der Waals surface area (Å²) in [6.07, 6.45) is 1.08. The van der Waals surface area contributed by atoms with Crippen molar-refractivity contribution in [3.63, 3.8) is 0 Å². The molecule has 0 radical (unpaired) electrons. The Morgan fingerprint density at radius 2 is 2.05 bits per heavy atom. The fourth-order valence-corrected chi connectivity index (χ4v) is 3.40. The smallest absolute Gasteiger partial charge is 0.0663 e. The van der Waals surface area contributed by atoms with Crippen LogP contribution >= 0.6 is 0 Å². The third kappa shape index (κ3) is 2.55. The minimum Gasteiger partial charge on any atom is -0.379 e. The van der Waals surface area contributed by atoms with Crippen molar-refractivity contribution in [1.29, 1.82) is 0 Å². The van der Waals surface area contributed by atoms with E-state index in [9.17, 15) is 0 Å². The molecular weight excluding hydrogens is 250 g/mol. The van der Waals surface area contributed by atoms with E-state index < -0.39 is 0 Å². The molecular formula is C16H25N3O. The molecule has 0 amide bonds. The Morgan fingerprint density at radius 3 is 2.65 bits per heavy atom. The summed E-state index contributed by atoms with van der Waals surface area (Å²) in [7, 11) is 0. The summed E-state index contributed by atoms with van der Waals surface area (Å²) < 4.78 is 5.60. The minimum absolute atomic E-state index is 0.0959. The van der Waals surface area contributed by atoms with Crippen LogP contribution < -0.4 is 10.6 Å². The van der Waals surface area contributed by atoms with Gasteiger partial charge in [0.05, 0.1) is 12.1 Å². The number of anilines is 1. The van der Waals surface area contributed by atoms with E-state index in [4.69, 9.17) is 10.5 Å². The standard InChI is InChI=1S/C16H25N3O/c1-14-3-2-4-15(11-14)18-6-8-19(9-7-18)16(12-17)5-10-20-13-16/h2-4,11H,5-10,12-13,17H2,1H3. The summed E-state index contributed by atoms with van der Waals surface area (Å²) in [5, 5.41) is 0. The molecule has 0 bridgehead atoms. The molecule has 2 heterocycles. The zero-order valence-electron chi connectivity index (χ0n) is 12.3. The molecule has 20 heavy (non-hydrogen) atoms. The maximum absolute atomic E-state index is 6.03. The van der Waals surface area contributed by atoms with Gasteiger partial charge in [0.25, 0.3) is 0 Å². The van der Waals surface area contributed by atoms with Crippen molar-refractivity contribution < 1.29 is 4.74 Å². The third-order valence-electron chi connectivity index (χ3n) is 4.78. The first-order chi connectivity index (χ1) is 9.73. The van der Waals surface area contributed by atoms with Gasteiger partial charge in [-0.05, 0) is 31.0 Å². The van der Waals surface area contributed by atoms with Crippen molar-refractivity contribution in [2.24, 2.45) is 5.73 Å². The van der Waals surface area contributed by atoms with Gasteiger partial charge in [0.1, 0.15) is 0 Å². The average Bonchev–Trinajstić information content (AvgIpc) is 2.98. The molecule has 2 N–H and O–H groups in total. The third-order valence-corrected chi connectivity index (χ3v) is 4.78. The van der Waals surface area contributed by atoms with E-state index in [-0.39, 0.29) is 5.54 Å². The molecule has 2 aliphatic heterocycles. The highest BCUT2D eigenvalue weighted by Crippen LogP contribution is 2.27. The molecule has 1 aromatic carbocycles. The molecule has 1 unspecified atom stereocenters. The zero-order chi connectivity index (χ0) is 14.0. The lowest BCUT2D eigenvalue weighted by atomic mass is 9.95. The summed E-state index contributed by atoms with van der Waals surface area (Å²) in [6, 6.07) is 8.77. The number of hydrogen-bond donors (Lipinski definition) is 1. The van der Waals surface area contributed by atoms with E-state index in [1.165, 1.54) is 11.3 Å². The van der Waals surface area contributed by atoms with E-state index in [1.54, 1.807) is 0 Å². The molecule has 0 saturated carbocycles. The molecule has 3 rings (SSSR count). The fourth-order valence-electron chi connectivity index (χ4n) is 3.40. The predicted molar refractivity (Wildman–Crippen MR) is 82.2 cm³/mol. The van der Waals surface area contributed by atoms with Gasteiger partial charge in [0.2, 0.25) is 0 Å². The van der Waals surface area contributed by atoms with Gasteiger partial charge in [-0.3, -0.25) is 4.90 Å². The van der Waals surface area contributed by atoms with Crippen molar-refractivity contribution in [3.05, 3.63) is 29.8 Å². The normalized spacial score (nSPS) is 28.0. The van der Waals surface area contributed by atoms with Gasteiger partial charge in [-0.1, -0.05) is 12.1 Å². The van der Waals surface area contributed by atoms with Gasteiger partial charge in [-0.2, -0.15) is 0 Å². The molecule has 4 nitrogen and oxygen atoms in total. The molecule has 2 saturated heterocycles. The van der Waals surface area contributed by atoms with Crippen LogP contribution in [0.15, 0.2) is 24.3 Å². The summed E-state index contributed by atoms with van der Waals surface area (Å²) in [6.45, 7) is 8.82. The number of hydrogen-bond acceptors (Lipinski definition) is 4. The van der Waals surface area contributed by atoms with Crippen molar-refractivity contribution >= 4 is 5.69 Å². The Bertz CT molecular complexity index is 449. The predicted octanol–water partition coefficient (Wildman–Crippen LogP) is 1.23. The first-order valence-electron chi connectivity index (χ1n) is 7.58. The second kappa shape index (κ2) is 5.72. The molecule has 110 valence electrons. The van der Waals surface area contributed by atoms with Crippen molar-refractivity contribution in [2.45, 2.75) is 18.9 Å². The summed E-state index contributed by atoms with van der Waals surface area (Å²) >= 11 is 0. The molecule has 0 aliphatic carbocycles. The van der Waals surface area contributed by atoms with Crippen LogP contribution in [0.4, 0.5) is 5.69 Å². The van der Waals surface area contributed by atoms with Crippen LogP contribution in [0.5, 0.6) is 0 Å². The molecule has 0 aromatic heterocycles. The number of benzene rings is 1. The Hall–Kier alpha value is -1.10. The van der Waals surface area contributed by atoms with Crippen LogP contribution in [0.3, 0.4) is 0 Å². The summed E-state index contributed by atoms with van der Waals surface area (Å²) in [5.74, 6) is 0. The van der Waals surface area contributed by atoms with E-state index in [2.05, 4.69) is 41.0 Å². The van der Waals surface area contributed by atoms with Gasteiger partial charge in [-0.25, -0.2) is 0 Å². The second-order valence-corrected chi connectivity index (χ2v) is 6.04. The minimum atomic E-state index is 0.0959. The number of nitrogens with two attached hydrogens (primary N) is 1. The number of nitrogens with zero attached hydrogens (tertiary/aromatic N) is 2. The Balaban J connectivity index is 1.65. The van der Waals surface area contributed by atoms with Crippen LogP contribution in [0.25, 0.3) is 0 Å². The van der Waals surface area contributed by atoms with Gasteiger partial charge in [0, 0.05) is 45.0 Å². The molecule has 0 spiro atoms. The van der Waals surface area contributed by atoms with Crippen LogP contribution in [-0.4, -0.2) is 56.4 Å². The largest absolute Gasteiger partial charge is 0.379 e. The van der Waals surface area contributed by atoms with Crippen molar-refractivity contribution in [1.82, 2.24) is 4.90 Å². The second-order valence-electron chi connectivity index (χ2n) is 6.04. The average molecular weight is 275 g/mol. The number of aryl methyl sites for hydroxylation is 1. The van der Waals surface area contributed by atoms with Gasteiger partial charge in [0.15, 0.2) is 0 Å². The summed E-state index contributed by atoms with van der Waals surface area (Å²) in [4.78, 5) is 5.02. The highest BCUT2D eigenvalue weighted by atomic mass is 16.5. The monoisotopic (exact) mass is 275 g/mol. The van der Waals surface area contributed by atoms with Crippen molar-refractivity contribution in [3.8, 4) is 0 Å². The lowest BCUT2D eigenvalue weighted by Crippen LogP contribution is -2.60. The van der Waals surface area contributed by atoms with E-state index in [0.717, 1.165) is 45.8 Å². The number of piperazine rings is 1. The topological polar surface area (TPSA) is 41.7 Å². The molecule has 1 aromatic rings. The van der Waals surface area contributed by atoms with Crippen LogP contribution in [-0.2, 0) is 4.74 Å². The van der Waals surface area contributed by atoms with Gasteiger partial charge < -0.3 is 15.4 Å². The Kier molecular flexibility index (Phi) is 3.96. The maximum atomic E-state index is 6.03. The van der Waals surface area contributed by atoms with Crippen molar-refractivity contribution in [2.75, 3.05) is 50.8 Å². The van der Waals surface area contributed by atoms with Gasteiger partial charge >= 0.3 is 0 Å². The SMILES string of the molecule is Cc1cccc(N2CCN(C3(CN)CCOC3)CC2)c1. The highest BCUT2D eigenvalue weighted by Gasteiger charge is 2.40. The maximum Gasteiger partial charge on any atom is 0.0663 e. The molecule has 4 heteroatoms. The van der Waals surface area contributed by atoms with E-state index in [0.29, 0.717) is 6.54 Å². The highest BCUT2D eigenvalue weighted by molar-refractivity contribution is 5.48. The quantitative estimate of drug-likeness (QED) is 0.901. The Labute approximate surface area is 121 Å². The fraction of sp³-hybridized carbons (Fsp3) is 0.625. The number of ether oxygens (including phenoxy) is 1. The van der Waals surface area contributed by atoms with Gasteiger partial charge in [-0.15, -0.1) is 0 Å². The van der Waals surface area contributed by atoms with Crippen LogP contribution in [0, 0.1) is 6.92 Å². The summed E-state index contributed by atoms with van der Waals surface area (Å²) in [5.41, 5.74) is 8.79. The lowest BCUT2D eigenvalue weighted by molar-refractivity contribution is 0.0670. The first-order valence-corrected chi connectivity index (χ1v) is 7.58. The van der Waals surface area contributed by atoms with Crippen LogP contribution in [0.1, 0.15) is 12.0 Å². The molecule has 2 fully saturated rings. The zero-order valence-corrected chi connectivity index (χ0v) is 12.3. The number of rotatable bonds is 3. The van der Waals surface area contributed by atoms with Crippen LogP contribution in [0.2, 0.25) is 0 Å². The van der Waals surface area contributed by atoms with E-state index >= 15 is 0 Å². The lowest BCUT2D eigenvalue weighted by Gasteiger charge is -2.45. The van der Waals surface area contributed by atoms with E-state index in [1.807, 2.05) is 0 Å². The first kappa shape index (κ1) is 13.9.